The van der Waals surface area contributed by atoms with E-state index in [9.17, 15) is 14.7 Å². The molecule has 5 nitrogen and oxygen atoms in total. The van der Waals surface area contributed by atoms with E-state index in [0.717, 1.165) is 24.1 Å². The number of anilines is 1. The third kappa shape index (κ3) is 2.76. The maximum Gasteiger partial charge on any atom is 0.321 e. The molecule has 2 fully saturated rings. The van der Waals surface area contributed by atoms with Gasteiger partial charge in [0.1, 0.15) is 0 Å². The normalized spacial score (nSPS) is 26.3. The predicted molar refractivity (Wildman–Crippen MR) is 93.1 cm³/mol. The summed E-state index contributed by atoms with van der Waals surface area (Å²) in [6.45, 7) is 7.18. The van der Waals surface area contributed by atoms with Crippen LogP contribution >= 0.6 is 0 Å². The molecule has 5 heteroatoms. The minimum absolute atomic E-state index is 0.0757. The Morgan fingerprint density at radius 1 is 1.29 bits per heavy atom. The average molecular weight is 330 g/mol. The molecular weight excluding hydrogens is 304 g/mol. The lowest BCUT2D eigenvalue weighted by molar-refractivity contribution is -0.149. The van der Waals surface area contributed by atoms with Gasteiger partial charge in [0, 0.05) is 18.8 Å². The lowest BCUT2D eigenvalue weighted by atomic mass is 9.81. The van der Waals surface area contributed by atoms with Crippen LogP contribution in [-0.2, 0) is 10.2 Å². The number of benzene rings is 1. The second-order valence-corrected chi connectivity index (χ2v) is 8.16. The molecule has 130 valence electrons. The topological polar surface area (TPSA) is 69.6 Å². The molecule has 2 amide bonds. The lowest BCUT2D eigenvalue weighted by Gasteiger charge is -2.26. The fourth-order valence-electron chi connectivity index (χ4n) is 4.23. The molecule has 1 heterocycles. The molecule has 2 aliphatic rings. The number of nitrogens with one attached hydrogen (secondary N) is 1. The molecule has 1 saturated heterocycles. The molecule has 2 atom stereocenters. The molecule has 0 unspecified atom stereocenters. The van der Waals surface area contributed by atoms with Gasteiger partial charge in [0.15, 0.2) is 0 Å². The van der Waals surface area contributed by atoms with E-state index in [0.29, 0.717) is 19.5 Å². The largest absolute Gasteiger partial charge is 0.481 e. The molecule has 0 spiro atoms. The van der Waals surface area contributed by atoms with Crippen LogP contribution in [-0.4, -0.2) is 35.1 Å². The first-order chi connectivity index (χ1) is 11.2. The van der Waals surface area contributed by atoms with Gasteiger partial charge in [-0.05, 0) is 35.8 Å². The van der Waals surface area contributed by atoms with E-state index in [1.165, 1.54) is 0 Å². The second-order valence-electron chi connectivity index (χ2n) is 8.16. The number of carboxylic acids is 1. The van der Waals surface area contributed by atoms with Crippen LogP contribution in [0.3, 0.4) is 0 Å². The van der Waals surface area contributed by atoms with Crippen molar-refractivity contribution >= 4 is 17.7 Å². The molecule has 1 aliphatic carbocycles. The van der Waals surface area contributed by atoms with Gasteiger partial charge >= 0.3 is 12.0 Å². The summed E-state index contributed by atoms with van der Waals surface area (Å²) in [5.41, 5.74) is 1.07. The zero-order valence-electron chi connectivity index (χ0n) is 14.6. The maximum atomic E-state index is 12.7. The van der Waals surface area contributed by atoms with Crippen molar-refractivity contribution in [2.75, 3.05) is 18.4 Å². The number of carbonyl (C=O) groups is 2. The highest BCUT2D eigenvalue weighted by molar-refractivity contribution is 5.91. The van der Waals surface area contributed by atoms with Crippen molar-refractivity contribution < 1.29 is 14.7 Å². The van der Waals surface area contributed by atoms with Crippen molar-refractivity contribution in [2.24, 2.45) is 11.3 Å². The van der Waals surface area contributed by atoms with E-state index < -0.39 is 11.4 Å². The summed E-state index contributed by atoms with van der Waals surface area (Å²) < 4.78 is 0. The molecule has 1 saturated carbocycles. The minimum Gasteiger partial charge on any atom is -0.481 e. The van der Waals surface area contributed by atoms with Crippen molar-refractivity contribution in [1.82, 2.24) is 4.90 Å². The molecule has 1 aromatic rings. The fourth-order valence-corrected chi connectivity index (χ4v) is 4.23. The number of amides is 2. The number of fused-ring (bicyclic) bond motifs is 1. The van der Waals surface area contributed by atoms with Crippen LogP contribution in [0.25, 0.3) is 0 Å². The zero-order chi connectivity index (χ0) is 17.5. The first-order valence-electron chi connectivity index (χ1n) is 8.63. The van der Waals surface area contributed by atoms with Gasteiger partial charge in [-0.1, -0.05) is 45.4 Å². The Labute approximate surface area is 143 Å². The number of para-hydroxylation sites is 1. The molecule has 0 bridgehead atoms. The highest BCUT2D eigenvalue weighted by Crippen LogP contribution is 2.49. The van der Waals surface area contributed by atoms with Gasteiger partial charge in [-0.2, -0.15) is 0 Å². The molecule has 2 N–H and O–H groups in total. The molecule has 24 heavy (non-hydrogen) atoms. The Kier molecular flexibility index (Phi) is 4.06. The number of hydrogen-bond acceptors (Lipinski definition) is 2. The van der Waals surface area contributed by atoms with Crippen molar-refractivity contribution in [1.29, 1.82) is 0 Å². The van der Waals surface area contributed by atoms with Crippen LogP contribution in [0.4, 0.5) is 10.5 Å². The van der Waals surface area contributed by atoms with Crippen molar-refractivity contribution in [3.8, 4) is 0 Å². The molecule has 0 radical (unpaired) electrons. The Hall–Kier alpha value is -2.04. The number of likely N-dealkylation sites (tertiary alicyclic amines) is 1. The first kappa shape index (κ1) is 16.8. The smallest absolute Gasteiger partial charge is 0.321 e. The lowest BCUT2D eigenvalue weighted by Crippen LogP contribution is -2.39. The van der Waals surface area contributed by atoms with Gasteiger partial charge in [0.25, 0.3) is 0 Å². The summed E-state index contributed by atoms with van der Waals surface area (Å²) in [7, 11) is 0. The van der Waals surface area contributed by atoms with E-state index in [1.54, 1.807) is 4.90 Å². The molecular formula is C19H26N2O3. The zero-order valence-corrected chi connectivity index (χ0v) is 14.6. The van der Waals surface area contributed by atoms with Gasteiger partial charge < -0.3 is 15.3 Å². The molecule has 3 rings (SSSR count). The van der Waals surface area contributed by atoms with Gasteiger partial charge in [-0.3, -0.25) is 4.79 Å². The summed E-state index contributed by atoms with van der Waals surface area (Å²) >= 11 is 0. The number of nitrogens with zero attached hydrogens (tertiary/aromatic N) is 1. The fraction of sp³-hybridized carbons (Fsp3) is 0.579. The number of aliphatic carboxylic acids is 1. The standard InChI is InChI=1S/C19H26N2O3/c1-18(2,3)14-8-4-5-9-15(14)20-17(24)21-11-13-7-6-10-19(13,12-21)16(22)23/h4-5,8-9,13H,6-7,10-12H2,1-3H3,(H,20,24)(H,22,23)/t13-,19+/m0/s1. The third-order valence-corrected chi connectivity index (χ3v) is 5.56. The van der Waals surface area contributed by atoms with E-state index >= 15 is 0 Å². The van der Waals surface area contributed by atoms with Crippen molar-refractivity contribution in [2.45, 2.75) is 45.4 Å². The van der Waals surface area contributed by atoms with Crippen LogP contribution in [0.5, 0.6) is 0 Å². The maximum absolute atomic E-state index is 12.7. The summed E-state index contributed by atoms with van der Waals surface area (Å²) in [5.74, 6) is -0.672. The Morgan fingerprint density at radius 3 is 2.62 bits per heavy atom. The van der Waals surface area contributed by atoms with Crippen molar-refractivity contribution in [3.63, 3.8) is 0 Å². The van der Waals surface area contributed by atoms with Crippen LogP contribution in [0.15, 0.2) is 24.3 Å². The Balaban J connectivity index is 1.77. The van der Waals surface area contributed by atoms with Crippen molar-refractivity contribution in [3.05, 3.63) is 29.8 Å². The Morgan fingerprint density at radius 2 is 2.00 bits per heavy atom. The monoisotopic (exact) mass is 330 g/mol. The number of urea groups is 1. The average Bonchev–Trinajstić information content (AvgIpc) is 3.04. The number of rotatable bonds is 2. The second kappa shape index (κ2) is 5.80. The first-order valence-corrected chi connectivity index (χ1v) is 8.63. The molecule has 1 aromatic carbocycles. The van der Waals surface area contributed by atoms with E-state index in [2.05, 4.69) is 26.1 Å². The summed E-state index contributed by atoms with van der Waals surface area (Å²) in [4.78, 5) is 26.1. The van der Waals surface area contributed by atoms with E-state index in [1.807, 2.05) is 24.3 Å². The van der Waals surface area contributed by atoms with E-state index in [-0.39, 0.29) is 17.4 Å². The van der Waals surface area contributed by atoms with Gasteiger partial charge in [-0.25, -0.2) is 4.79 Å². The van der Waals surface area contributed by atoms with Gasteiger partial charge in [0.05, 0.1) is 5.41 Å². The minimum atomic E-state index is -0.754. The number of hydrogen-bond donors (Lipinski definition) is 2. The number of carboxylic acid groups (broad SMARTS) is 1. The Bertz CT molecular complexity index is 665. The summed E-state index contributed by atoms with van der Waals surface area (Å²) in [6.07, 6.45) is 2.52. The highest BCUT2D eigenvalue weighted by atomic mass is 16.4. The van der Waals surface area contributed by atoms with Crippen LogP contribution in [0.1, 0.15) is 45.6 Å². The predicted octanol–water partition coefficient (Wildman–Crippen LogP) is 3.70. The SMILES string of the molecule is CC(C)(C)c1ccccc1NC(=O)N1C[C@@H]2CCC[C@@]2(C(=O)O)C1. The highest BCUT2D eigenvalue weighted by Gasteiger charge is 2.55. The molecule has 1 aliphatic heterocycles. The number of carbonyl (C=O) groups excluding carboxylic acids is 1. The quantitative estimate of drug-likeness (QED) is 0.868. The summed E-state index contributed by atoms with van der Waals surface area (Å²) in [5, 5.41) is 12.7. The van der Waals surface area contributed by atoms with Crippen LogP contribution in [0.2, 0.25) is 0 Å². The van der Waals surface area contributed by atoms with Gasteiger partial charge in [-0.15, -0.1) is 0 Å². The van der Waals surface area contributed by atoms with Crippen LogP contribution in [0, 0.1) is 11.3 Å². The third-order valence-electron chi connectivity index (χ3n) is 5.56. The van der Waals surface area contributed by atoms with Crippen LogP contribution < -0.4 is 5.32 Å². The van der Waals surface area contributed by atoms with Gasteiger partial charge in [0.2, 0.25) is 0 Å². The molecule has 0 aromatic heterocycles. The summed E-state index contributed by atoms with van der Waals surface area (Å²) in [6, 6.07) is 7.61. The van der Waals surface area contributed by atoms with E-state index in [4.69, 9.17) is 0 Å².